The Morgan fingerprint density at radius 2 is 1.00 bits per heavy atom. The molecule has 0 aliphatic rings. The summed E-state index contributed by atoms with van der Waals surface area (Å²) in [5.74, 6) is 0. The predicted octanol–water partition coefficient (Wildman–Crippen LogP) is -1.91. The monoisotopic (exact) mass is 74.1 g/mol. The Balaban J connectivity index is -0.0000000450. The molecule has 0 N–H and O–H groups in total. The molecule has 0 aromatic heterocycles. The van der Waals surface area contributed by atoms with Gasteiger partial charge < -0.3 is 0 Å². The molecule has 26 valence electrons. The van der Waals surface area contributed by atoms with E-state index in [2.05, 4.69) is 0 Å². The summed E-state index contributed by atoms with van der Waals surface area (Å²) in [5, 5.41) is 0. The zero-order chi connectivity index (χ0) is 3.41. The Morgan fingerprint density at radius 3 is 1.00 bits per heavy atom. The average molecular weight is 73.9 g/mol. The van der Waals surface area contributed by atoms with Crippen LogP contribution in [0, 0.1) is 0 Å². The van der Waals surface area contributed by atoms with Gasteiger partial charge in [0.1, 0.15) is 0 Å². The Kier molecular flexibility index (Phi) is 47.3. The van der Waals surface area contributed by atoms with Gasteiger partial charge in [0.25, 0.3) is 0 Å². The van der Waals surface area contributed by atoms with Gasteiger partial charge in [0.2, 0.25) is 0 Å². The van der Waals surface area contributed by atoms with Crippen LogP contribution in [-0.4, -0.2) is 50.3 Å². The third kappa shape index (κ3) is 24.1. The molecule has 0 amide bonds. The van der Waals surface area contributed by atoms with Gasteiger partial charge in [0.15, 0.2) is 12.6 Å². The van der Waals surface area contributed by atoms with Gasteiger partial charge in [0.05, 0.1) is 0 Å². The van der Waals surface area contributed by atoms with E-state index >= 15 is 0 Å². The maximum atomic E-state index is 8.81. The van der Waals surface area contributed by atoms with Gasteiger partial charge in [-0.15, -0.1) is 0 Å². The molecule has 0 rings (SSSR count). The molecule has 0 fully saturated rings. The molecule has 0 heterocycles. The number of hydrogen-bond donors (Lipinski definition) is 0. The van der Waals surface area contributed by atoms with Crippen molar-refractivity contribution in [3.05, 3.63) is 0 Å². The first-order valence-electron chi connectivity index (χ1n) is 0.805. The van der Waals surface area contributed by atoms with Gasteiger partial charge in [-0.1, -0.05) is 0 Å². The van der Waals surface area contributed by atoms with Crippen LogP contribution >= 0.6 is 0 Å². The molecule has 4 heteroatoms. The topological polar surface area (TPSA) is 34.1 Å². The van der Waals surface area contributed by atoms with Gasteiger partial charge in [0, 0.05) is 0 Å². The predicted molar refractivity (Wildman–Crippen MR) is 26.4 cm³/mol. The Hall–Kier alpha value is 0.535. The maximum absolute atomic E-state index is 8.81. The summed E-state index contributed by atoms with van der Waals surface area (Å²) in [4.78, 5) is 17.6. The fourth-order valence-corrected chi connectivity index (χ4v) is 0. The summed E-state index contributed by atoms with van der Waals surface area (Å²) >= 11 is 0. The zero-order valence-corrected chi connectivity index (χ0v) is 1.97. The van der Waals surface area contributed by atoms with Crippen LogP contribution in [-0.2, 0) is 9.59 Å². The van der Waals surface area contributed by atoms with Crippen molar-refractivity contribution in [3.63, 3.8) is 0 Å². The van der Waals surface area contributed by atoms with E-state index in [1.54, 1.807) is 0 Å². The van der Waals surface area contributed by atoms with Crippen LogP contribution in [0.2, 0.25) is 0 Å². The fourth-order valence-electron chi connectivity index (χ4n) is 0. The zero-order valence-electron chi connectivity index (χ0n) is 1.97. The molecular weight excluding hydrogens is 69.9 g/mol. The van der Waals surface area contributed by atoms with Gasteiger partial charge in [-0.3, -0.25) is 9.59 Å². The first kappa shape index (κ1) is 16.0. The second-order valence-electron chi connectivity index (χ2n) is 0.272. The molecule has 2 nitrogen and oxygen atoms in total. The van der Waals surface area contributed by atoms with Crippen molar-refractivity contribution in [2.75, 3.05) is 0 Å². The van der Waals surface area contributed by atoms with E-state index in [0.29, 0.717) is 0 Å². The summed E-state index contributed by atoms with van der Waals surface area (Å²) in [6, 6.07) is 0. The molecule has 0 saturated heterocycles. The summed E-state index contributed by atoms with van der Waals surface area (Å²) in [5.41, 5.74) is 0. The Bertz CT molecular complexity index is 30.5. The molecule has 0 aromatic carbocycles. The van der Waals surface area contributed by atoms with E-state index < -0.39 is 0 Å². The molecule has 0 spiro atoms. The minimum absolute atomic E-state index is 0. The van der Waals surface area contributed by atoms with Crippen molar-refractivity contribution in [2.45, 2.75) is 0 Å². The number of aldehydes is 2. The number of carbonyl (C=O) groups is 2. The van der Waals surface area contributed by atoms with Crippen molar-refractivity contribution < 1.29 is 9.59 Å². The van der Waals surface area contributed by atoms with E-state index in [1.165, 1.54) is 0 Å². The molecule has 0 aliphatic carbocycles. The van der Waals surface area contributed by atoms with Gasteiger partial charge in [-0.25, -0.2) is 0 Å². The van der Waals surface area contributed by atoms with Crippen molar-refractivity contribution >= 4 is 50.3 Å². The van der Waals surface area contributed by atoms with Crippen LogP contribution in [0.5, 0.6) is 0 Å². The molecule has 6 heavy (non-hydrogen) atoms. The molecule has 0 aromatic rings. The third-order valence-electron chi connectivity index (χ3n) is 0.0556. The minimum atomic E-state index is 0. The Labute approximate surface area is 60.0 Å². The first-order valence-corrected chi connectivity index (χ1v) is 0.805. The summed E-state index contributed by atoms with van der Waals surface area (Å²) in [6.07, 6.45) is 0.389. The van der Waals surface area contributed by atoms with Crippen LogP contribution in [0.4, 0.5) is 0 Å². The van der Waals surface area contributed by atoms with Crippen LogP contribution in [0.15, 0.2) is 0 Å². The van der Waals surface area contributed by atoms with Gasteiger partial charge in [-0.2, -0.15) is 0 Å². The number of hydrogen-bond acceptors (Lipinski definition) is 2. The van der Waals surface area contributed by atoms with Crippen molar-refractivity contribution in [1.29, 1.82) is 0 Å². The van der Waals surface area contributed by atoms with E-state index in [4.69, 9.17) is 9.59 Å². The molecule has 0 radical (unpaired) electrons. The second-order valence-corrected chi connectivity index (χ2v) is 0.272. The van der Waals surface area contributed by atoms with Crippen LogP contribution < -0.4 is 0 Å². The summed E-state index contributed by atoms with van der Waals surface area (Å²) in [6.45, 7) is 0. The standard InChI is InChI=1S/C2H2O2.2Li.2H/c3-1-2-4;;;;/h1-2H;;;;. The molecule has 0 bridgehead atoms. The van der Waals surface area contributed by atoms with Crippen LogP contribution in [0.3, 0.4) is 0 Å². The van der Waals surface area contributed by atoms with E-state index in [-0.39, 0.29) is 50.3 Å². The van der Waals surface area contributed by atoms with E-state index in [1.807, 2.05) is 0 Å². The summed E-state index contributed by atoms with van der Waals surface area (Å²) in [7, 11) is 0. The second kappa shape index (κ2) is 17.7. The first-order chi connectivity index (χ1) is 1.91. The van der Waals surface area contributed by atoms with E-state index in [9.17, 15) is 0 Å². The quantitative estimate of drug-likeness (QED) is 0.206. The molecule has 0 atom stereocenters. The SMILES string of the molecule is O=CC=O.[LiH].[LiH]. The van der Waals surface area contributed by atoms with Crippen molar-refractivity contribution in [3.8, 4) is 0 Å². The van der Waals surface area contributed by atoms with Gasteiger partial charge >= 0.3 is 37.7 Å². The normalized spacial score (nSPS) is 3.33. The van der Waals surface area contributed by atoms with Gasteiger partial charge in [-0.05, 0) is 0 Å². The number of carbonyl (C=O) groups excluding carboxylic acids is 2. The average Bonchev–Trinajstić information content (AvgIpc) is 1.37. The van der Waals surface area contributed by atoms with Crippen molar-refractivity contribution in [1.82, 2.24) is 0 Å². The number of rotatable bonds is 1. The van der Waals surface area contributed by atoms with Crippen molar-refractivity contribution in [2.24, 2.45) is 0 Å². The van der Waals surface area contributed by atoms with E-state index in [0.717, 1.165) is 0 Å². The Morgan fingerprint density at radius 1 is 0.833 bits per heavy atom. The molecular formula is C2H4Li2O2. The summed E-state index contributed by atoms with van der Waals surface area (Å²) < 4.78 is 0. The van der Waals surface area contributed by atoms with Crippen LogP contribution in [0.25, 0.3) is 0 Å². The molecule has 0 unspecified atom stereocenters. The third-order valence-corrected chi connectivity index (χ3v) is 0.0556. The fraction of sp³-hybridized carbons (Fsp3) is 0. The molecule has 0 aliphatic heterocycles. The molecule has 0 saturated carbocycles. The van der Waals surface area contributed by atoms with Crippen LogP contribution in [0.1, 0.15) is 0 Å².